The van der Waals surface area contributed by atoms with Crippen molar-refractivity contribution in [2.75, 3.05) is 33.0 Å². The topological polar surface area (TPSA) is 67.8 Å². The van der Waals surface area contributed by atoms with Crippen molar-refractivity contribution >= 4 is 5.91 Å². The number of carbonyl (C=O) groups excluding carboxylic acids is 1. The summed E-state index contributed by atoms with van der Waals surface area (Å²) in [5, 5.41) is 11.2. The molecule has 0 spiro atoms. The van der Waals surface area contributed by atoms with Gasteiger partial charge in [-0.15, -0.1) is 0 Å². The quantitative estimate of drug-likeness (QED) is 0.533. The van der Waals surface area contributed by atoms with Gasteiger partial charge in [0.2, 0.25) is 5.91 Å². The number of amides is 1. The van der Waals surface area contributed by atoms with Crippen molar-refractivity contribution in [2.45, 2.75) is 32.8 Å². The van der Waals surface area contributed by atoms with Crippen molar-refractivity contribution in [3.05, 3.63) is 0 Å². The molecule has 0 aromatic heterocycles. The number of nitrogens with one attached hydrogen (secondary N) is 1. The molecule has 0 radical (unpaired) electrons. The Hall–Kier alpha value is -0.650. The lowest BCUT2D eigenvalue weighted by molar-refractivity contribution is -0.121. The fourth-order valence-electron chi connectivity index (χ4n) is 1.04. The highest BCUT2D eigenvalue weighted by atomic mass is 16.5. The summed E-state index contributed by atoms with van der Waals surface area (Å²) < 4.78 is 10.5. The second-order valence-electron chi connectivity index (χ2n) is 3.71. The molecule has 0 aliphatic heterocycles. The molecule has 0 aromatic rings. The normalized spacial score (nSPS) is 10.8. The molecule has 96 valence electrons. The van der Waals surface area contributed by atoms with Crippen LogP contribution in [0.4, 0.5) is 0 Å². The number of rotatable bonds is 10. The van der Waals surface area contributed by atoms with E-state index in [0.717, 1.165) is 0 Å². The van der Waals surface area contributed by atoms with Gasteiger partial charge in [-0.05, 0) is 20.3 Å². The number of ether oxygens (including phenoxy) is 2. The molecule has 0 unspecified atom stereocenters. The van der Waals surface area contributed by atoms with Gasteiger partial charge < -0.3 is 19.9 Å². The van der Waals surface area contributed by atoms with Gasteiger partial charge in [0.05, 0.1) is 25.9 Å². The minimum absolute atomic E-state index is 0.0453. The predicted molar refractivity (Wildman–Crippen MR) is 61.2 cm³/mol. The minimum atomic E-state index is -0.0453. The highest BCUT2D eigenvalue weighted by molar-refractivity contribution is 5.75. The van der Waals surface area contributed by atoms with Crippen molar-refractivity contribution < 1.29 is 19.4 Å². The smallest absolute Gasteiger partial charge is 0.220 e. The lowest BCUT2D eigenvalue weighted by atomic mass is 10.3. The Balaban J connectivity index is 3.11. The third-order valence-corrected chi connectivity index (χ3v) is 1.81. The fraction of sp³-hybridized carbons (Fsp3) is 0.909. The Kier molecular flexibility index (Phi) is 10.4. The van der Waals surface area contributed by atoms with Crippen LogP contribution in [0.5, 0.6) is 0 Å². The van der Waals surface area contributed by atoms with Crippen LogP contribution in [0, 0.1) is 0 Å². The Morgan fingerprint density at radius 3 is 2.69 bits per heavy atom. The van der Waals surface area contributed by atoms with Crippen LogP contribution < -0.4 is 5.32 Å². The number of carbonyl (C=O) groups is 1. The summed E-state index contributed by atoms with van der Waals surface area (Å²) in [5.74, 6) is -0.0453. The number of hydrogen-bond donors (Lipinski definition) is 2. The monoisotopic (exact) mass is 233 g/mol. The number of aliphatic hydroxyl groups is 1. The maximum absolute atomic E-state index is 11.1. The van der Waals surface area contributed by atoms with Crippen LogP contribution in [0.2, 0.25) is 0 Å². The molecule has 0 saturated carbocycles. The van der Waals surface area contributed by atoms with Crippen LogP contribution >= 0.6 is 0 Å². The van der Waals surface area contributed by atoms with E-state index in [9.17, 15) is 4.79 Å². The van der Waals surface area contributed by atoms with Gasteiger partial charge in [-0.2, -0.15) is 0 Å². The first-order chi connectivity index (χ1) is 7.66. The van der Waals surface area contributed by atoms with E-state index < -0.39 is 0 Å². The Morgan fingerprint density at radius 2 is 2.06 bits per heavy atom. The third-order valence-electron chi connectivity index (χ3n) is 1.81. The summed E-state index contributed by atoms with van der Waals surface area (Å²) in [6, 6.07) is 0. The zero-order valence-corrected chi connectivity index (χ0v) is 10.2. The van der Waals surface area contributed by atoms with Gasteiger partial charge in [-0.3, -0.25) is 4.79 Å². The van der Waals surface area contributed by atoms with Gasteiger partial charge in [-0.25, -0.2) is 0 Å². The van der Waals surface area contributed by atoms with Gasteiger partial charge in [0.1, 0.15) is 0 Å². The Labute approximate surface area is 97.1 Å². The van der Waals surface area contributed by atoms with Gasteiger partial charge in [0, 0.05) is 19.6 Å². The van der Waals surface area contributed by atoms with Gasteiger partial charge in [0.25, 0.3) is 0 Å². The largest absolute Gasteiger partial charge is 0.396 e. The van der Waals surface area contributed by atoms with Gasteiger partial charge >= 0.3 is 0 Å². The lowest BCUT2D eigenvalue weighted by Gasteiger charge is -2.08. The average Bonchev–Trinajstić information content (AvgIpc) is 2.24. The van der Waals surface area contributed by atoms with Crippen LogP contribution in [0.15, 0.2) is 0 Å². The molecule has 0 fully saturated rings. The molecular formula is C11H23NO4. The third kappa shape index (κ3) is 11.4. The first-order valence-electron chi connectivity index (χ1n) is 5.73. The van der Waals surface area contributed by atoms with Crippen LogP contribution in [-0.2, 0) is 14.3 Å². The zero-order chi connectivity index (χ0) is 12.2. The lowest BCUT2D eigenvalue weighted by Crippen LogP contribution is -2.27. The summed E-state index contributed by atoms with van der Waals surface area (Å²) in [4.78, 5) is 11.1. The van der Waals surface area contributed by atoms with Crippen LogP contribution in [0.25, 0.3) is 0 Å². The molecule has 0 atom stereocenters. The molecule has 0 rings (SSSR count). The summed E-state index contributed by atoms with van der Waals surface area (Å²) in [6.45, 7) is 6.12. The molecule has 0 aromatic carbocycles. The zero-order valence-electron chi connectivity index (χ0n) is 10.2. The second-order valence-corrected chi connectivity index (χ2v) is 3.71. The van der Waals surface area contributed by atoms with Crippen molar-refractivity contribution in [1.29, 1.82) is 0 Å². The van der Waals surface area contributed by atoms with E-state index in [-0.39, 0.29) is 18.6 Å². The van der Waals surface area contributed by atoms with Crippen LogP contribution in [0.3, 0.4) is 0 Å². The molecule has 5 heteroatoms. The van der Waals surface area contributed by atoms with Crippen molar-refractivity contribution in [2.24, 2.45) is 0 Å². The van der Waals surface area contributed by atoms with E-state index in [4.69, 9.17) is 14.6 Å². The summed E-state index contributed by atoms with van der Waals surface area (Å²) in [7, 11) is 0. The molecule has 1 amide bonds. The summed E-state index contributed by atoms with van der Waals surface area (Å²) >= 11 is 0. The molecule has 0 saturated heterocycles. The maximum atomic E-state index is 11.1. The van der Waals surface area contributed by atoms with E-state index in [1.165, 1.54) is 0 Å². The van der Waals surface area contributed by atoms with Gasteiger partial charge in [-0.1, -0.05) is 0 Å². The molecular weight excluding hydrogens is 210 g/mol. The Morgan fingerprint density at radius 1 is 1.31 bits per heavy atom. The summed E-state index contributed by atoms with van der Waals surface area (Å²) in [6.07, 6.45) is 1.10. The predicted octanol–water partition coefficient (Wildman–Crippen LogP) is 0.317. The fourth-order valence-corrected chi connectivity index (χ4v) is 1.04. The van der Waals surface area contributed by atoms with E-state index in [0.29, 0.717) is 39.2 Å². The van der Waals surface area contributed by atoms with E-state index in [2.05, 4.69) is 5.32 Å². The summed E-state index contributed by atoms with van der Waals surface area (Å²) in [5.41, 5.74) is 0. The highest BCUT2D eigenvalue weighted by Crippen LogP contribution is 1.88. The van der Waals surface area contributed by atoms with Crippen LogP contribution in [-0.4, -0.2) is 50.1 Å². The van der Waals surface area contributed by atoms with Crippen molar-refractivity contribution in [1.82, 2.24) is 5.32 Å². The number of hydrogen-bond acceptors (Lipinski definition) is 4. The second kappa shape index (κ2) is 10.9. The van der Waals surface area contributed by atoms with Crippen molar-refractivity contribution in [3.8, 4) is 0 Å². The first-order valence-corrected chi connectivity index (χ1v) is 5.73. The van der Waals surface area contributed by atoms with E-state index >= 15 is 0 Å². The van der Waals surface area contributed by atoms with Gasteiger partial charge in [0.15, 0.2) is 0 Å². The standard InChI is InChI=1S/C11H23NO4/c1-10(2)16-9-8-15-7-5-12-11(14)4-3-6-13/h10,13H,3-9H2,1-2H3,(H,12,14). The molecule has 0 aliphatic rings. The molecule has 0 aliphatic carbocycles. The van der Waals surface area contributed by atoms with E-state index in [1.54, 1.807) is 0 Å². The highest BCUT2D eigenvalue weighted by Gasteiger charge is 1.99. The first kappa shape index (κ1) is 15.3. The average molecular weight is 233 g/mol. The number of aliphatic hydroxyl groups excluding tert-OH is 1. The Bertz CT molecular complexity index is 173. The molecule has 0 heterocycles. The maximum Gasteiger partial charge on any atom is 0.220 e. The molecule has 2 N–H and O–H groups in total. The van der Waals surface area contributed by atoms with Crippen molar-refractivity contribution in [3.63, 3.8) is 0 Å². The SMILES string of the molecule is CC(C)OCCOCCNC(=O)CCCO. The molecule has 16 heavy (non-hydrogen) atoms. The minimum Gasteiger partial charge on any atom is -0.396 e. The van der Waals surface area contributed by atoms with E-state index in [1.807, 2.05) is 13.8 Å². The van der Waals surface area contributed by atoms with Crippen LogP contribution in [0.1, 0.15) is 26.7 Å². The molecule has 0 bridgehead atoms. The molecule has 5 nitrogen and oxygen atoms in total.